The third kappa shape index (κ3) is 27.5. The molecular formula is C105H165N11. The molecule has 640 valence electrons. The molecule has 0 bridgehead atoms. The number of aromatic amines is 2. The van der Waals surface area contributed by atoms with Gasteiger partial charge in [-0.15, -0.1) is 0 Å². The fourth-order valence-corrected chi connectivity index (χ4v) is 15.2. The van der Waals surface area contributed by atoms with E-state index in [4.69, 9.17) is 0 Å². The Morgan fingerprint density at radius 1 is 0.259 bits per heavy atom. The van der Waals surface area contributed by atoms with Crippen molar-refractivity contribution in [3.63, 3.8) is 0 Å². The highest BCUT2D eigenvalue weighted by molar-refractivity contribution is 5.84. The summed E-state index contributed by atoms with van der Waals surface area (Å²) in [4.78, 5) is 19.4. The lowest BCUT2D eigenvalue weighted by molar-refractivity contribution is 0.579. The molecule has 8 aromatic carbocycles. The molecule has 0 spiro atoms. The van der Waals surface area contributed by atoms with Gasteiger partial charge in [-0.05, 0) is 191 Å². The molecule has 0 amide bonds. The number of aryl methyl sites for hydroxylation is 1. The summed E-state index contributed by atoms with van der Waals surface area (Å²) in [6.45, 7) is 60.5. The van der Waals surface area contributed by atoms with Crippen molar-refractivity contribution in [2.24, 2.45) is 0 Å². The third-order valence-electron chi connectivity index (χ3n) is 20.7. The van der Waals surface area contributed by atoms with Crippen LogP contribution in [0.4, 0.5) is 34.1 Å². The van der Waals surface area contributed by atoms with Crippen LogP contribution in [0.2, 0.25) is 0 Å². The Morgan fingerprint density at radius 2 is 0.621 bits per heavy atom. The number of hydrogen-bond acceptors (Lipinski definition) is 9. The number of imidazole rings is 1. The summed E-state index contributed by atoms with van der Waals surface area (Å²) < 4.78 is 0. The van der Waals surface area contributed by atoms with Gasteiger partial charge in [0, 0.05) is 91.5 Å². The zero-order valence-corrected chi connectivity index (χ0v) is 70.6. The number of hydrogen-bond donors (Lipinski definition) is 8. The number of anilines is 6. The lowest BCUT2D eigenvalue weighted by Gasteiger charge is -2.28. The summed E-state index contributed by atoms with van der Waals surface area (Å²) in [5.41, 5.74) is 32.4. The molecule has 3 aromatic heterocycles. The van der Waals surface area contributed by atoms with Crippen LogP contribution in [-0.4, -0.2) is 64.2 Å². The second kappa shape index (κ2) is 43.9. The van der Waals surface area contributed by atoms with Crippen LogP contribution in [0.5, 0.6) is 0 Å². The molecule has 0 saturated heterocycles. The van der Waals surface area contributed by atoms with Crippen molar-refractivity contribution < 1.29 is 0 Å². The van der Waals surface area contributed by atoms with Crippen LogP contribution in [0.1, 0.15) is 305 Å². The van der Waals surface area contributed by atoms with E-state index < -0.39 is 0 Å². The van der Waals surface area contributed by atoms with Gasteiger partial charge in [0.2, 0.25) is 0 Å². The van der Waals surface area contributed by atoms with Crippen LogP contribution in [-0.2, 0) is 69.0 Å². The van der Waals surface area contributed by atoms with E-state index in [0.29, 0.717) is 0 Å². The summed E-state index contributed by atoms with van der Waals surface area (Å²) in [6, 6.07) is 54.0. The lowest BCUT2D eigenvalue weighted by Crippen LogP contribution is -2.24. The number of nitrogens with one attached hydrogen (secondary N) is 8. The second-order valence-corrected chi connectivity index (χ2v) is 37.9. The van der Waals surface area contributed by atoms with E-state index in [-0.39, 0.29) is 103 Å². The summed E-state index contributed by atoms with van der Waals surface area (Å²) in [5.74, 6) is 0. The van der Waals surface area contributed by atoms with Crippen molar-refractivity contribution in [1.82, 2.24) is 24.9 Å². The minimum atomic E-state index is 0. The molecule has 0 radical (unpaired) electrons. The van der Waals surface area contributed by atoms with E-state index in [1.807, 2.05) is 18.3 Å². The normalized spacial score (nSPS) is 13.3. The molecule has 16 rings (SSSR count). The maximum Gasteiger partial charge on any atom is 0.0931 e. The Bertz CT molecular complexity index is 4420. The van der Waals surface area contributed by atoms with Gasteiger partial charge in [0.1, 0.15) is 0 Å². The summed E-state index contributed by atoms with van der Waals surface area (Å²) in [7, 11) is 0. The molecule has 11 nitrogen and oxygen atoms in total. The van der Waals surface area contributed by atoms with Crippen molar-refractivity contribution in [1.29, 1.82) is 0 Å². The molecule has 8 N–H and O–H groups in total. The minimum absolute atomic E-state index is 0. The third-order valence-corrected chi connectivity index (χ3v) is 20.7. The van der Waals surface area contributed by atoms with Gasteiger partial charge < -0.3 is 41.9 Å². The van der Waals surface area contributed by atoms with Crippen LogP contribution in [0, 0.1) is 0 Å². The first-order valence-corrected chi connectivity index (χ1v) is 40.0. The largest absolute Gasteiger partial charge is 0.385 e. The fraction of sp³-hybridized carbons (Fsp3) is 0.495. The zero-order valence-electron chi connectivity index (χ0n) is 70.6. The highest BCUT2D eigenvalue weighted by Gasteiger charge is 2.28. The Balaban J connectivity index is 0.000000657. The first kappa shape index (κ1) is 105. The van der Waals surface area contributed by atoms with Crippen LogP contribution >= 0.6 is 0 Å². The molecule has 0 atom stereocenters. The lowest BCUT2D eigenvalue weighted by atomic mass is 9.81. The van der Waals surface area contributed by atoms with Crippen molar-refractivity contribution in [3.8, 4) is 0 Å². The summed E-state index contributed by atoms with van der Waals surface area (Å²) in [6.07, 6.45) is 14.6. The first-order chi connectivity index (χ1) is 50.7. The maximum absolute atomic E-state index is 4.39. The average Bonchev–Trinajstić information content (AvgIpc) is 1.71. The molecule has 5 aliphatic rings. The summed E-state index contributed by atoms with van der Waals surface area (Å²) >= 11 is 0. The predicted octanol–water partition coefficient (Wildman–Crippen LogP) is 29.8. The van der Waals surface area contributed by atoms with Crippen LogP contribution in [0.15, 0.2) is 177 Å². The van der Waals surface area contributed by atoms with Gasteiger partial charge in [0.05, 0.1) is 39.8 Å². The molecule has 11 aromatic rings. The Kier molecular flexibility index (Phi) is 39.7. The van der Waals surface area contributed by atoms with E-state index in [2.05, 4.69) is 363 Å². The first-order valence-electron chi connectivity index (χ1n) is 40.0. The molecule has 0 saturated carbocycles. The van der Waals surface area contributed by atoms with E-state index in [1.165, 1.54) is 150 Å². The van der Waals surface area contributed by atoms with Crippen molar-refractivity contribution >= 4 is 67.1 Å². The van der Waals surface area contributed by atoms with Crippen LogP contribution in [0.3, 0.4) is 0 Å². The smallest absolute Gasteiger partial charge is 0.0931 e. The highest BCUT2D eigenvalue weighted by atomic mass is 15.0. The topological polar surface area (TPSA) is 142 Å². The molecular weight excluding hydrogens is 1420 g/mol. The standard InChI is InChI=1S/2C13H19N.C12H18N2.C12H14N2.C12H17N.C12H15N.C12H17N.C11H14N2.8CH4/c1-13(2,3)11-7-4-8-12-10(11)6-5-9-14-12;1-13(2,3)11-8-4-6-10-7-5-9-14-12(10)11;2*1-12(2,3)9-5-4-6-10-11(9)14-8-7-13-10;2*1-12(2,3)10-5-4-6-11-9(10)7-8-13-11;1-12(2,3)10-6-4-5-9-7-8-13-11(9)10;1-11(2,3)8-5-4-6-9-10(8)13-7-12-9;;;;;;;;/h4,7-8,14H,5-6,9H2,1-3H3;4,6,8,14H,5,7,9H2,1-3H3;4-6,13-14H,7-8H2,1-3H3;4-8H,1-3H3;4-6,13H,7-8H2,1-3H3;4-8,13H,1-3H3;4-6,13H,7-8H2,1-3H3;4-7H,1-3H3,(H,12,13);8*1H4. The summed E-state index contributed by atoms with van der Waals surface area (Å²) in [5, 5.41) is 22.1. The number of benzene rings is 8. The van der Waals surface area contributed by atoms with E-state index in [9.17, 15) is 0 Å². The second-order valence-electron chi connectivity index (χ2n) is 37.9. The average molecular weight is 1580 g/mol. The van der Waals surface area contributed by atoms with Gasteiger partial charge in [-0.3, -0.25) is 9.97 Å². The van der Waals surface area contributed by atoms with Gasteiger partial charge in [-0.2, -0.15) is 0 Å². The van der Waals surface area contributed by atoms with Gasteiger partial charge in [-0.25, -0.2) is 4.98 Å². The van der Waals surface area contributed by atoms with Crippen molar-refractivity contribution in [3.05, 3.63) is 243 Å². The molecule has 0 aliphatic carbocycles. The fourth-order valence-electron chi connectivity index (χ4n) is 15.2. The number of H-pyrrole nitrogens is 2. The Hall–Kier alpha value is -9.09. The highest BCUT2D eigenvalue weighted by Crippen LogP contribution is 2.40. The number of rotatable bonds is 0. The van der Waals surface area contributed by atoms with Gasteiger partial charge in [0.15, 0.2) is 0 Å². The molecule has 5 aliphatic heterocycles. The number of aromatic nitrogens is 5. The molecule has 0 unspecified atom stereocenters. The SMILES string of the molecule is C.C.C.C.C.C.C.C.CC(C)(C)c1cccc2[nH]ccc12.CC(C)(C)c1cccc2[nH]cnc12.CC(C)(C)c1cccc2c1CCCN2.CC(C)(C)c1cccc2c1CCN2.CC(C)(C)c1cccc2c1NCC2.CC(C)(C)c1cccc2c1NCCC2.CC(C)(C)c1cccc2c1NCCN2.CC(C)(C)c1cccc2nccnc12. The van der Waals surface area contributed by atoms with Gasteiger partial charge in [-0.1, -0.05) is 335 Å². The predicted molar refractivity (Wildman–Crippen MR) is 525 cm³/mol. The molecule has 0 fully saturated rings. The Morgan fingerprint density at radius 3 is 1.16 bits per heavy atom. The van der Waals surface area contributed by atoms with Crippen molar-refractivity contribution in [2.45, 2.75) is 307 Å². The monoisotopic (exact) mass is 1580 g/mol. The molecule has 8 heterocycles. The zero-order chi connectivity index (χ0) is 78.6. The molecule has 116 heavy (non-hydrogen) atoms. The quantitative estimate of drug-likeness (QED) is 0.0745. The number of para-hydroxylation sites is 5. The van der Waals surface area contributed by atoms with Gasteiger partial charge in [0.25, 0.3) is 0 Å². The number of fused-ring (bicyclic) bond motifs is 8. The van der Waals surface area contributed by atoms with Crippen LogP contribution < -0.4 is 31.9 Å². The van der Waals surface area contributed by atoms with Gasteiger partial charge >= 0.3 is 0 Å². The molecule has 11 heteroatoms. The minimum Gasteiger partial charge on any atom is -0.385 e. The van der Waals surface area contributed by atoms with E-state index in [0.717, 1.165) is 61.3 Å². The van der Waals surface area contributed by atoms with E-state index in [1.54, 1.807) is 18.7 Å². The van der Waals surface area contributed by atoms with Crippen LogP contribution in [0.25, 0.3) is 33.0 Å². The number of nitrogens with zero attached hydrogens (tertiary/aromatic N) is 3. The maximum atomic E-state index is 4.39. The van der Waals surface area contributed by atoms with E-state index >= 15 is 0 Å². The van der Waals surface area contributed by atoms with Crippen molar-refractivity contribution in [2.75, 3.05) is 71.2 Å². The Labute approximate surface area is 709 Å².